The number of hydrogen-bond donors (Lipinski definition) is 0. The van der Waals surface area contributed by atoms with Crippen molar-refractivity contribution < 1.29 is 9.35 Å². The van der Waals surface area contributed by atoms with Gasteiger partial charge in [-0.25, -0.2) is 0 Å². The van der Waals surface area contributed by atoms with Crippen LogP contribution in [0.3, 0.4) is 0 Å². The minimum Gasteiger partial charge on any atom is -0.612 e. The van der Waals surface area contributed by atoms with Gasteiger partial charge in [-0.15, -0.1) is 0 Å². The van der Waals surface area contributed by atoms with Gasteiger partial charge in [0.15, 0.2) is 4.90 Å². The summed E-state index contributed by atoms with van der Waals surface area (Å²) < 4.78 is 11.0. The largest absolute Gasteiger partial charge is 0.612 e. The molecular formula is C8H6ClO2S. The molecule has 0 saturated carbocycles. The first-order chi connectivity index (χ1) is 5.65. The molecule has 0 aliphatic heterocycles. The molecule has 0 N–H and O–H groups in total. The van der Waals surface area contributed by atoms with Crippen molar-refractivity contribution in [3.8, 4) is 0 Å². The first-order valence-corrected chi connectivity index (χ1v) is 5.10. The Labute approximate surface area is 78.7 Å². The zero-order chi connectivity index (χ0) is 9.14. The van der Waals surface area contributed by atoms with Gasteiger partial charge in [0.2, 0.25) is 6.29 Å². The maximum absolute atomic E-state index is 11.0. The van der Waals surface area contributed by atoms with Crippen molar-refractivity contribution in [1.29, 1.82) is 0 Å². The van der Waals surface area contributed by atoms with Crippen LogP contribution in [-0.2, 0) is 16.0 Å². The van der Waals surface area contributed by atoms with Crippen LogP contribution in [0.15, 0.2) is 23.1 Å². The van der Waals surface area contributed by atoms with Gasteiger partial charge in [0, 0.05) is 11.6 Å². The Kier molecular flexibility index (Phi) is 3.14. The van der Waals surface area contributed by atoms with Crippen molar-refractivity contribution in [3.05, 3.63) is 28.8 Å². The van der Waals surface area contributed by atoms with E-state index in [1.807, 2.05) is 0 Å². The molecule has 63 valence electrons. The highest BCUT2D eigenvalue weighted by atomic mass is 35.5. The van der Waals surface area contributed by atoms with Crippen molar-refractivity contribution in [2.75, 3.05) is 6.26 Å². The van der Waals surface area contributed by atoms with Gasteiger partial charge in [-0.05, 0) is 23.3 Å². The molecule has 2 nitrogen and oxygen atoms in total. The summed E-state index contributed by atoms with van der Waals surface area (Å²) >= 11 is 4.61. The van der Waals surface area contributed by atoms with Crippen LogP contribution in [0.5, 0.6) is 0 Å². The summed E-state index contributed by atoms with van der Waals surface area (Å²) in [5.74, 6) is 0. The quantitative estimate of drug-likeness (QED) is 0.681. The molecule has 1 aromatic rings. The lowest BCUT2D eigenvalue weighted by atomic mass is 10.2. The summed E-state index contributed by atoms with van der Waals surface area (Å²) in [5.41, 5.74) is 0.297. The Bertz CT molecular complexity index is 299. The van der Waals surface area contributed by atoms with Crippen LogP contribution in [0.25, 0.3) is 0 Å². The molecule has 0 bridgehead atoms. The fraction of sp³-hybridized carbons (Fsp3) is 0.125. The lowest BCUT2D eigenvalue weighted by Gasteiger charge is -2.04. The molecule has 1 atom stereocenters. The van der Waals surface area contributed by atoms with E-state index in [2.05, 4.69) is 0 Å². The van der Waals surface area contributed by atoms with E-state index >= 15 is 0 Å². The molecule has 1 aromatic carbocycles. The Hall–Kier alpha value is -0.510. The first kappa shape index (κ1) is 9.58. The van der Waals surface area contributed by atoms with Crippen LogP contribution in [0, 0.1) is 0 Å². The molecule has 0 heterocycles. The second-order valence-corrected chi connectivity index (χ2v) is 3.98. The standard InChI is InChI=1S/C8H6ClO2S/c1-12(11)7-3-2-6(5-10)8(9)4-7/h2-4H,1H3. The van der Waals surface area contributed by atoms with E-state index in [1.165, 1.54) is 12.1 Å². The molecule has 0 saturated heterocycles. The summed E-state index contributed by atoms with van der Waals surface area (Å²) in [7, 11) is 0. The fourth-order valence-electron chi connectivity index (χ4n) is 0.757. The molecule has 12 heavy (non-hydrogen) atoms. The van der Waals surface area contributed by atoms with Gasteiger partial charge in [0.05, 0.1) is 5.02 Å². The maximum atomic E-state index is 11.0. The Morgan fingerprint density at radius 2 is 2.25 bits per heavy atom. The highest BCUT2D eigenvalue weighted by Crippen LogP contribution is 2.19. The molecule has 1 rings (SSSR count). The van der Waals surface area contributed by atoms with Gasteiger partial charge in [-0.2, -0.15) is 0 Å². The molecule has 4 heteroatoms. The summed E-state index contributed by atoms with van der Waals surface area (Å²) in [5, 5.41) is 0.290. The Morgan fingerprint density at radius 1 is 1.58 bits per heavy atom. The zero-order valence-corrected chi connectivity index (χ0v) is 7.91. The Morgan fingerprint density at radius 3 is 2.67 bits per heavy atom. The van der Waals surface area contributed by atoms with E-state index < -0.39 is 11.2 Å². The normalized spacial score (nSPS) is 12.6. The molecule has 0 aliphatic rings. The molecule has 0 aromatic heterocycles. The van der Waals surface area contributed by atoms with Crippen LogP contribution in [0.2, 0.25) is 5.02 Å². The highest BCUT2D eigenvalue weighted by molar-refractivity contribution is 7.90. The lowest BCUT2D eigenvalue weighted by Crippen LogP contribution is -1.97. The van der Waals surface area contributed by atoms with E-state index in [-0.39, 0.29) is 5.02 Å². The predicted octanol–water partition coefficient (Wildman–Crippen LogP) is 1.54. The molecule has 0 fully saturated rings. The van der Waals surface area contributed by atoms with E-state index in [1.54, 1.807) is 18.6 Å². The third kappa shape index (κ3) is 2.00. The predicted molar refractivity (Wildman–Crippen MR) is 48.6 cm³/mol. The van der Waals surface area contributed by atoms with Crippen LogP contribution >= 0.6 is 11.6 Å². The average Bonchev–Trinajstić information content (AvgIpc) is 2.04. The van der Waals surface area contributed by atoms with Crippen molar-refractivity contribution in [1.82, 2.24) is 0 Å². The summed E-state index contributed by atoms with van der Waals surface area (Å²) in [4.78, 5) is 10.8. The lowest BCUT2D eigenvalue weighted by molar-refractivity contribution is 0.562. The number of hydrogen-bond acceptors (Lipinski definition) is 2. The van der Waals surface area contributed by atoms with E-state index in [4.69, 9.17) is 11.6 Å². The average molecular weight is 202 g/mol. The third-order valence-electron chi connectivity index (χ3n) is 1.38. The minimum atomic E-state index is -1.06. The zero-order valence-electron chi connectivity index (χ0n) is 6.33. The second-order valence-electron chi connectivity index (χ2n) is 2.20. The van der Waals surface area contributed by atoms with Gasteiger partial charge in [-0.3, -0.25) is 4.79 Å². The van der Waals surface area contributed by atoms with Crippen molar-refractivity contribution >= 4 is 29.1 Å². The highest BCUT2D eigenvalue weighted by Gasteiger charge is 2.07. The summed E-state index contributed by atoms with van der Waals surface area (Å²) in [6.07, 6.45) is 3.23. The topological polar surface area (TPSA) is 40.1 Å². The number of benzene rings is 1. The number of rotatable bonds is 2. The van der Waals surface area contributed by atoms with E-state index in [9.17, 15) is 9.35 Å². The van der Waals surface area contributed by atoms with Crippen LogP contribution < -0.4 is 0 Å². The molecule has 0 amide bonds. The minimum absolute atomic E-state index is 0.290. The van der Waals surface area contributed by atoms with E-state index in [0.717, 1.165) is 0 Å². The Balaban J connectivity index is 3.10. The van der Waals surface area contributed by atoms with Crippen molar-refractivity contribution in [3.63, 3.8) is 0 Å². The summed E-state index contributed by atoms with van der Waals surface area (Å²) in [6, 6.07) is 4.62. The van der Waals surface area contributed by atoms with Crippen molar-refractivity contribution in [2.24, 2.45) is 0 Å². The van der Waals surface area contributed by atoms with Gasteiger partial charge in [0.25, 0.3) is 0 Å². The van der Waals surface area contributed by atoms with Crippen LogP contribution in [0.4, 0.5) is 0 Å². The van der Waals surface area contributed by atoms with E-state index in [0.29, 0.717) is 10.5 Å². The maximum Gasteiger partial charge on any atom is 0.235 e. The summed E-state index contributed by atoms with van der Waals surface area (Å²) in [6.45, 7) is 0. The third-order valence-corrected chi connectivity index (χ3v) is 2.61. The van der Waals surface area contributed by atoms with Gasteiger partial charge < -0.3 is 4.55 Å². The molecule has 0 aliphatic carbocycles. The smallest absolute Gasteiger partial charge is 0.235 e. The molecular weight excluding hydrogens is 196 g/mol. The fourth-order valence-corrected chi connectivity index (χ4v) is 1.58. The van der Waals surface area contributed by atoms with Gasteiger partial charge in [-0.1, -0.05) is 11.6 Å². The molecule has 1 unspecified atom stereocenters. The van der Waals surface area contributed by atoms with Crippen LogP contribution in [0.1, 0.15) is 5.56 Å². The number of carbonyl (C=O) groups excluding carboxylic acids is 1. The van der Waals surface area contributed by atoms with Gasteiger partial charge >= 0.3 is 0 Å². The SMILES string of the molecule is C[S+]([O-])c1ccc([C]=O)c(Cl)c1. The molecule has 0 spiro atoms. The molecule has 1 radical (unpaired) electrons. The van der Waals surface area contributed by atoms with Crippen molar-refractivity contribution in [2.45, 2.75) is 4.90 Å². The number of halogens is 1. The van der Waals surface area contributed by atoms with Gasteiger partial charge in [0.1, 0.15) is 6.26 Å². The van der Waals surface area contributed by atoms with Crippen LogP contribution in [-0.4, -0.2) is 17.1 Å². The first-order valence-electron chi connectivity index (χ1n) is 3.16. The monoisotopic (exact) mass is 201 g/mol. The second kappa shape index (κ2) is 3.94.